The first-order valence-corrected chi connectivity index (χ1v) is 9.37. The Bertz CT molecular complexity index is 919. The van der Waals surface area contributed by atoms with Gasteiger partial charge >= 0.3 is 0 Å². The average Bonchev–Trinajstić information content (AvgIpc) is 2.72. The van der Waals surface area contributed by atoms with E-state index < -0.39 is 0 Å². The molecule has 0 aliphatic heterocycles. The third-order valence-corrected chi connectivity index (χ3v) is 4.42. The first-order valence-electron chi connectivity index (χ1n) is 9.37. The lowest BCUT2D eigenvalue weighted by Crippen LogP contribution is -2.29. The topological polar surface area (TPSA) is 47.6 Å². The van der Waals surface area contributed by atoms with Crippen LogP contribution in [0.2, 0.25) is 0 Å². The molecule has 4 heteroatoms. The first kappa shape index (κ1) is 19.5. The second kappa shape index (κ2) is 9.60. The molecule has 0 unspecified atom stereocenters. The fourth-order valence-corrected chi connectivity index (χ4v) is 2.80. The van der Waals surface area contributed by atoms with Gasteiger partial charge in [0, 0.05) is 11.1 Å². The molecular formula is C24H25NO3. The van der Waals surface area contributed by atoms with Gasteiger partial charge in [-0.05, 0) is 43.7 Å². The van der Waals surface area contributed by atoms with Crippen molar-refractivity contribution in [1.82, 2.24) is 5.32 Å². The number of aryl methyl sites for hydroxylation is 2. The fraction of sp³-hybridized carbons (Fsp3) is 0.208. The number of ether oxygens (including phenoxy) is 2. The van der Waals surface area contributed by atoms with Crippen LogP contribution in [0.1, 0.15) is 27.0 Å². The Kier molecular flexibility index (Phi) is 6.68. The van der Waals surface area contributed by atoms with Crippen molar-refractivity contribution < 1.29 is 14.3 Å². The summed E-state index contributed by atoms with van der Waals surface area (Å²) in [4.78, 5) is 12.6. The molecule has 0 heterocycles. The Morgan fingerprint density at radius 1 is 0.857 bits per heavy atom. The Morgan fingerprint density at radius 3 is 2.36 bits per heavy atom. The normalized spacial score (nSPS) is 10.4. The van der Waals surface area contributed by atoms with E-state index in [1.165, 1.54) is 5.56 Å². The number of benzene rings is 3. The monoisotopic (exact) mass is 375 g/mol. The van der Waals surface area contributed by atoms with Crippen LogP contribution in [0.3, 0.4) is 0 Å². The largest absolute Gasteiger partial charge is 0.491 e. The van der Waals surface area contributed by atoms with Gasteiger partial charge in [0.2, 0.25) is 0 Å². The third-order valence-electron chi connectivity index (χ3n) is 4.42. The summed E-state index contributed by atoms with van der Waals surface area (Å²) in [6.07, 6.45) is 0. The summed E-state index contributed by atoms with van der Waals surface area (Å²) in [6.45, 7) is 5.22. The summed E-state index contributed by atoms with van der Waals surface area (Å²) in [6, 6.07) is 23.2. The van der Waals surface area contributed by atoms with Gasteiger partial charge in [0.05, 0.1) is 6.54 Å². The van der Waals surface area contributed by atoms with Crippen molar-refractivity contribution in [1.29, 1.82) is 0 Å². The van der Waals surface area contributed by atoms with Crippen molar-refractivity contribution in [3.8, 4) is 11.5 Å². The molecule has 0 fully saturated rings. The van der Waals surface area contributed by atoms with Crippen molar-refractivity contribution in [2.24, 2.45) is 0 Å². The molecule has 144 valence electrons. The van der Waals surface area contributed by atoms with Crippen LogP contribution in [0.5, 0.6) is 11.5 Å². The molecule has 0 aromatic heterocycles. The SMILES string of the molecule is Cc1ccc(OCc2ccccc2C(=O)NCCOc2ccccc2C)cc1. The lowest BCUT2D eigenvalue weighted by atomic mass is 10.1. The van der Waals surface area contributed by atoms with Crippen LogP contribution in [0, 0.1) is 13.8 Å². The van der Waals surface area contributed by atoms with Crippen molar-refractivity contribution >= 4 is 5.91 Å². The predicted molar refractivity (Wildman–Crippen MR) is 111 cm³/mol. The quantitative estimate of drug-likeness (QED) is 0.581. The summed E-state index contributed by atoms with van der Waals surface area (Å²) >= 11 is 0. The smallest absolute Gasteiger partial charge is 0.251 e. The number of amides is 1. The third kappa shape index (κ3) is 5.36. The number of nitrogens with one attached hydrogen (secondary N) is 1. The summed E-state index contributed by atoms with van der Waals surface area (Å²) in [5.41, 5.74) is 3.72. The molecule has 3 rings (SSSR count). The number of hydrogen-bond donors (Lipinski definition) is 1. The Balaban J connectivity index is 1.53. The summed E-state index contributed by atoms with van der Waals surface area (Å²) in [5, 5.41) is 2.92. The molecular weight excluding hydrogens is 350 g/mol. The van der Waals surface area contributed by atoms with Crippen LogP contribution < -0.4 is 14.8 Å². The molecule has 0 radical (unpaired) electrons. The van der Waals surface area contributed by atoms with Gasteiger partial charge in [-0.3, -0.25) is 4.79 Å². The maximum absolute atomic E-state index is 12.6. The maximum Gasteiger partial charge on any atom is 0.251 e. The molecule has 1 N–H and O–H groups in total. The predicted octanol–water partition coefficient (Wildman–Crippen LogP) is 4.69. The van der Waals surface area contributed by atoms with E-state index in [4.69, 9.17) is 9.47 Å². The molecule has 4 nitrogen and oxygen atoms in total. The van der Waals surface area contributed by atoms with E-state index >= 15 is 0 Å². The fourth-order valence-electron chi connectivity index (χ4n) is 2.80. The number of hydrogen-bond acceptors (Lipinski definition) is 3. The van der Waals surface area contributed by atoms with E-state index in [0.717, 1.165) is 22.6 Å². The minimum atomic E-state index is -0.128. The number of rotatable bonds is 8. The average molecular weight is 375 g/mol. The molecule has 0 saturated carbocycles. The summed E-state index contributed by atoms with van der Waals surface area (Å²) in [7, 11) is 0. The van der Waals surface area contributed by atoms with Gasteiger partial charge in [0.25, 0.3) is 5.91 Å². The van der Waals surface area contributed by atoms with Crippen LogP contribution in [0.15, 0.2) is 72.8 Å². The van der Waals surface area contributed by atoms with E-state index in [0.29, 0.717) is 25.3 Å². The molecule has 0 bridgehead atoms. The highest BCUT2D eigenvalue weighted by molar-refractivity contribution is 5.95. The molecule has 0 aliphatic carbocycles. The lowest BCUT2D eigenvalue weighted by Gasteiger charge is -2.12. The Morgan fingerprint density at radius 2 is 1.57 bits per heavy atom. The highest BCUT2D eigenvalue weighted by Gasteiger charge is 2.11. The van der Waals surface area contributed by atoms with E-state index in [-0.39, 0.29) is 5.91 Å². The molecule has 0 atom stereocenters. The molecule has 3 aromatic rings. The van der Waals surface area contributed by atoms with E-state index in [1.807, 2.05) is 86.6 Å². The minimum Gasteiger partial charge on any atom is -0.491 e. The van der Waals surface area contributed by atoms with Gasteiger partial charge in [-0.2, -0.15) is 0 Å². The second-order valence-corrected chi connectivity index (χ2v) is 6.63. The highest BCUT2D eigenvalue weighted by atomic mass is 16.5. The lowest BCUT2D eigenvalue weighted by molar-refractivity contribution is 0.0944. The van der Waals surface area contributed by atoms with Crippen molar-refractivity contribution in [3.05, 3.63) is 95.1 Å². The molecule has 0 aliphatic rings. The molecule has 0 spiro atoms. The Hall–Kier alpha value is -3.27. The van der Waals surface area contributed by atoms with Crippen molar-refractivity contribution in [2.45, 2.75) is 20.5 Å². The van der Waals surface area contributed by atoms with Gasteiger partial charge in [-0.25, -0.2) is 0 Å². The zero-order valence-electron chi connectivity index (χ0n) is 16.3. The van der Waals surface area contributed by atoms with Crippen molar-refractivity contribution in [3.63, 3.8) is 0 Å². The van der Waals surface area contributed by atoms with Crippen molar-refractivity contribution in [2.75, 3.05) is 13.2 Å². The van der Waals surface area contributed by atoms with Crippen LogP contribution in [0.25, 0.3) is 0 Å². The summed E-state index contributed by atoms with van der Waals surface area (Å²) < 4.78 is 11.6. The van der Waals surface area contributed by atoms with Crippen LogP contribution in [-0.4, -0.2) is 19.1 Å². The Labute approximate surface area is 166 Å². The van der Waals surface area contributed by atoms with Gasteiger partial charge in [0.1, 0.15) is 24.7 Å². The molecule has 3 aromatic carbocycles. The molecule has 0 saturated heterocycles. The zero-order chi connectivity index (χ0) is 19.8. The van der Waals surface area contributed by atoms with E-state index in [1.54, 1.807) is 0 Å². The maximum atomic E-state index is 12.6. The number of carbonyl (C=O) groups excluding carboxylic acids is 1. The van der Waals surface area contributed by atoms with E-state index in [2.05, 4.69) is 5.32 Å². The van der Waals surface area contributed by atoms with Crippen LogP contribution in [0.4, 0.5) is 0 Å². The summed E-state index contributed by atoms with van der Waals surface area (Å²) in [5.74, 6) is 1.49. The van der Waals surface area contributed by atoms with E-state index in [9.17, 15) is 4.79 Å². The van der Waals surface area contributed by atoms with Crippen LogP contribution in [-0.2, 0) is 6.61 Å². The standard InChI is InChI=1S/C24H25NO3/c1-18-11-13-21(14-12-18)28-17-20-8-4-5-9-22(20)24(26)25-15-16-27-23-10-6-3-7-19(23)2/h3-14H,15-17H2,1-2H3,(H,25,26). The highest BCUT2D eigenvalue weighted by Crippen LogP contribution is 2.17. The van der Waals surface area contributed by atoms with Gasteiger partial charge in [0.15, 0.2) is 0 Å². The molecule has 28 heavy (non-hydrogen) atoms. The molecule has 1 amide bonds. The van der Waals surface area contributed by atoms with Crippen LogP contribution >= 0.6 is 0 Å². The van der Waals surface area contributed by atoms with Gasteiger partial charge in [-0.15, -0.1) is 0 Å². The number of carbonyl (C=O) groups is 1. The number of para-hydroxylation sites is 1. The second-order valence-electron chi connectivity index (χ2n) is 6.63. The zero-order valence-corrected chi connectivity index (χ0v) is 16.3. The first-order chi connectivity index (χ1) is 13.6. The van der Waals surface area contributed by atoms with Gasteiger partial charge < -0.3 is 14.8 Å². The minimum absolute atomic E-state index is 0.128. The van der Waals surface area contributed by atoms with Gasteiger partial charge in [-0.1, -0.05) is 54.1 Å².